The van der Waals surface area contributed by atoms with E-state index in [1.54, 1.807) is 0 Å². The van der Waals surface area contributed by atoms with Crippen molar-refractivity contribution < 1.29 is 0 Å². The van der Waals surface area contributed by atoms with Gasteiger partial charge < -0.3 is 0 Å². The first kappa shape index (κ1) is 14.0. The molecule has 0 heterocycles. The molecule has 0 saturated carbocycles. The van der Waals surface area contributed by atoms with E-state index in [0.717, 1.165) is 0 Å². The fourth-order valence-electron chi connectivity index (χ4n) is 1.51. The lowest BCUT2D eigenvalue weighted by molar-refractivity contribution is 1.46. The second kappa shape index (κ2) is 6.49. The Bertz CT molecular complexity index is 396. The molecule has 0 spiro atoms. The molecule has 0 atom stereocenters. The van der Waals surface area contributed by atoms with Crippen LogP contribution in [-0.4, -0.2) is 0 Å². The topological polar surface area (TPSA) is 0 Å². The van der Waals surface area contributed by atoms with Gasteiger partial charge in [-0.15, -0.1) is 24.8 Å². The van der Waals surface area contributed by atoms with Gasteiger partial charge in [0, 0.05) is 0 Å². The highest BCUT2D eigenvalue weighted by atomic mass is 35.5. The van der Waals surface area contributed by atoms with Crippen LogP contribution >= 0.6 is 24.8 Å². The van der Waals surface area contributed by atoms with E-state index in [2.05, 4.69) is 55.5 Å². The molecule has 0 N–H and O–H groups in total. The molecule has 0 aromatic heterocycles. The van der Waals surface area contributed by atoms with Crippen molar-refractivity contribution in [2.45, 2.75) is 6.92 Å². The molecule has 0 aliphatic rings. The van der Waals surface area contributed by atoms with Gasteiger partial charge in [0.1, 0.15) is 0 Å². The monoisotopic (exact) mass is 240 g/mol. The second-order valence-electron chi connectivity index (χ2n) is 3.18. The Morgan fingerprint density at radius 2 is 1.20 bits per heavy atom. The number of hydrogen-bond acceptors (Lipinski definition) is 0. The quantitative estimate of drug-likeness (QED) is 0.689. The summed E-state index contributed by atoms with van der Waals surface area (Å²) in [5, 5.41) is 0. The Kier molecular flexibility index (Phi) is 6.07. The smallest absolute Gasteiger partial charge is 0.0155 e. The molecular weight excluding hydrogens is 227 g/mol. The van der Waals surface area contributed by atoms with Crippen molar-refractivity contribution in [2.75, 3.05) is 0 Å². The largest absolute Gasteiger partial charge is 0.147 e. The van der Waals surface area contributed by atoms with Gasteiger partial charge in [0.25, 0.3) is 0 Å². The zero-order valence-corrected chi connectivity index (χ0v) is 10.1. The predicted octanol–water partition coefficient (Wildman–Crippen LogP) is 4.51. The number of rotatable bonds is 1. The zero-order valence-electron chi connectivity index (χ0n) is 8.51. The number of hydrogen-bond donors (Lipinski definition) is 0. The molecule has 80 valence electrons. The van der Waals surface area contributed by atoms with Crippen LogP contribution < -0.4 is 0 Å². The molecule has 0 fully saturated rings. The van der Waals surface area contributed by atoms with E-state index in [-0.39, 0.29) is 24.8 Å². The van der Waals surface area contributed by atoms with Gasteiger partial charge in [-0.3, -0.25) is 0 Å². The number of halogens is 2. The Balaban J connectivity index is 0.000000980. The van der Waals surface area contributed by atoms with Gasteiger partial charge >= 0.3 is 0 Å². The van der Waals surface area contributed by atoms with Crippen LogP contribution in [0.15, 0.2) is 54.6 Å². The van der Waals surface area contributed by atoms with Gasteiger partial charge in [0.15, 0.2) is 0 Å². The summed E-state index contributed by atoms with van der Waals surface area (Å²) in [4.78, 5) is 0. The molecule has 15 heavy (non-hydrogen) atoms. The minimum absolute atomic E-state index is 0. The number of benzene rings is 2. The van der Waals surface area contributed by atoms with Crippen molar-refractivity contribution in [3.05, 3.63) is 60.2 Å². The third-order valence-corrected chi connectivity index (χ3v) is 2.23. The fraction of sp³-hybridized carbons (Fsp3) is 0.0769. The molecule has 0 bridgehead atoms. The molecule has 0 amide bonds. The zero-order chi connectivity index (χ0) is 9.10. The fourth-order valence-corrected chi connectivity index (χ4v) is 1.51. The molecule has 2 heteroatoms. The van der Waals surface area contributed by atoms with Crippen molar-refractivity contribution in [1.82, 2.24) is 0 Å². The van der Waals surface area contributed by atoms with Crippen molar-refractivity contribution in [2.24, 2.45) is 0 Å². The Hall–Kier alpha value is -0.980. The van der Waals surface area contributed by atoms with Crippen LogP contribution in [0.2, 0.25) is 0 Å². The summed E-state index contributed by atoms with van der Waals surface area (Å²) >= 11 is 0. The van der Waals surface area contributed by atoms with Gasteiger partial charge in [-0.25, -0.2) is 0 Å². The first-order chi connectivity index (χ1) is 6.38. The second-order valence-corrected chi connectivity index (χ2v) is 3.18. The van der Waals surface area contributed by atoms with Crippen LogP contribution in [0.25, 0.3) is 11.1 Å². The van der Waals surface area contributed by atoms with Crippen LogP contribution in [0, 0.1) is 6.92 Å². The highest BCUT2D eigenvalue weighted by molar-refractivity contribution is 5.85. The van der Waals surface area contributed by atoms with Gasteiger partial charge in [-0.05, 0) is 23.6 Å². The average molecular weight is 241 g/mol. The normalized spacial score (nSPS) is 8.60. The lowest BCUT2D eigenvalue weighted by atomic mass is 10.0. The first-order valence-electron chi connectivity index (χ1n) is 4.49. The minimum atomic E-state index is 0. The number of aryl methyl sites for hydroxylation is 1. The SMILES string of the molecule is Cc1ccccc1-c1ccccc1.Cl.Cl. The van der Waals surface area contributed by atoms with Crippen molar-refractivity contribution in [1.29, 1.82) is 0 Å². The molecular formula is C13H14Cl2. The van der Waals surface area contributed by atoms with E-state index in [9.17, 15) is 0 Å². The molecule has 0 nitrogen and oxygen atoms in total. The maximum atomic E-state index is 2.16. The van der Waals surface area contributed by atoms with E-state index in [0.29, 0.717) is 0 Å². The average Bonchev–Trinajstić information content (AvgIpc) is 2.20. The van der Waals surface area contributed by atoms with E-state index < -0.39 is 0 Å². The summed E-state index contributed by atoms with van der Waals surface area (Å²) in [6, 6.07) is 18.9. The highest BCUT2D eigenvalue weighted by Crippen LogP contribution is 2.21. The Labute approximate surface area is 103 Å². The predicted molar refractivity (Wildman–Crippen MR) is 71.1 cm³/mol. The van der Waals surface area contributed by atoms with E-state index >= 15 is 0 Å². The Morgan fingerprint density at radius 3 is 1.80 bits per heavy atom. The minimum Gasteiger partial charge on any atom is -0.147 e. The molecule has 2 aromatic rings. The standard InChI is InChI=1S/C13H12.2ClH/c1-11-7-5-6-10-13(11)12-8-3-2-4-9-12;;/h2-10H,1H3;2*1H. The van der Waals surface area contributed by atoms with Crippen LogP contribution in [-0.2, 0) is 0 Å². The summed E-state index contributed by atoms with van der Waals surface area (Å²) in [6.45, 7) is 2.14. The molecule has 0 aliphatic heterocycles. The van der Waals surface area contributed by atoms with E-state index in [4.69, 9.17) is 0 Å². The molecule has 0 radical (unpaired) electrons. The van der Waals surface area contributed by atoms with Crippen molar-refractivity contribution in [3.63, 3.8) is 0 Å². The summed E-state index contributed by atoms with van der Waals surface area (Å²) in [5.74, 6) is 0. The molecule has 2 rings (SSSR count). The van der Waals surface area contributed by atoms with Gasteiger partial charge in [0.05, 0.1) is 0 Å². The van der Waals surface area contributed by atoms with E-state index in [1.807, 2.05) is 6.07 Å². The lowest BCUT2D eigenvalue weighted by Gasteiger charge is -2.04. The third kappa shape index (κ3) is 3.26. The summed E-state index contributed by atoms with van der Waals surface area (Å²) in [7, 11) is 0. The molecule has 0 aliphatic carbocycles. The van der Waals surface area contributed by atoms with Crippen LogP contribution in [0.1, 0.15) is 5.56 Å². The third-order valence-electron chi connectivity index (χ3n) is 2.23. The summed E-state index contributed by atoms with van der Waals surface area (Å²) < 4.78 is 0. The van der Waals surface area contributed by atoms with Gasteiger partial charge in [-0.1, -0.05) is 54.6 Å². The maximum absolute atomic E-state index is 2.16. The summed E-state index contributed by atoms with van der Waals surface area (Å²) in [6.07, 6.45) is 0. The van der Waals surface area contributed by atoms with Gasteiger partial charge in [0.2, 0.25) is 0 Å². The van der Waals surface area contributed by atoms with E-state index in [1.165, 1.54) is 16.7 Å². The van der Waals surface area contributed by atoms with Crippen molar-refractivity contribution in [3.8, 4) is 11.1 Å². The maximum Gasteiger partial charge on any atom is -0.0155 e. The first-order valence-corrected chi connectivity index (χ1v) is 4.49. The van der Waals surface area contributed by atoms with Gasteiger partial charge in [-0.2, -0.15) is 0 Å². The molecule has 0 saturated heterocycles. The van der Waals surface area contributed by atoms with Crippen LogP contribution in [0.4, 0.5) is 0 Å². The van der Waals surface area contributed by atoms with Crippen LogP contribution in [0.5, 0.6) is 0 Å². The highest BCUT2D eigenvalue weighted by Gasteiger charge is 1.97. The lowest BCUT2D eigenvalue weighted by Crippen LogP contribution is -1.80. The van der Waals surface area contributed by atoms with Crippen molar-refractivity contribution >= 4 is 24.8 Å². The summed E-state index contributed by atoms with van der Waals surface area (Å²) in [5.41, 5.74) is 3.94. The molecule has 2 aromatic carbocycles. The van der Waals surface area contributed by atoms with Crippen LogP contribution in [0.3, 0.4) is 0 Å². The molecule has 0 unspecified atom stereocenters. The Morgan fingerprint density at radius 1 is 0.667 bits per heavy atom.